The smallest absolute Gasteiger partial charge is 0.283 e. The van der Waals surface area contributed by atoms with E-state index in [1.165, 1.54) is 46.5 Å². The molecular formula is C30H25N5O3S3. The predicted molar refractivity (Wildman–Crippen MR) is 168 cm³/mol. The first-order valence-corrected chi connectivity index (χ1v) is 15.2. The topological polar surface area (TPSA) is 110 Å². The lowest BCUT2D eigenvalue weighted by Gasteiger charge is -2.12. The highest BCUT2D eigenvalue weighted by atomic mass is 32.2. The Balaban J connectivity index is 1.25. The summed E-state index contributed by atoms with van der Waals surface area (Å²) < 4.78 is 1.74. The highest BCUT2D eigenvalue weighted by Gasteiger charge is 2.16. The fraction of sp³-hybridized carbons (Fsp3) is 0.133. The van der Waals surface area contributed by atoms with Crippen LogP contribution < -0.4 is 5.32 Å². The van der Waals surface area contributed by atoms with E-state index >= 15 is 0 Å². The number of fused-ring (bicyclic) bond motifs is 1. The number of carbonyl (C=O) groups excluding carboxylic acids is 1. The number of amides is 1. The van der Waals surface area contributed by atoms with Crippen LogP contribution in [0.1, 0.15) is 22.3 Å². The number of aryl methyl sites for hydroxylation is 3. The van der Waals surface area contributed by atoms with Crippen molar-refractivity contribution >= 4 is 74.3 Å². The van der Waals surface area contributed by atoms with Gasteiger partial charge in [0.1, 0.15) is 5.03 Å². The molecule has 0 unspecified atom stereocenters. The molecule has 8 nitrogen and oxygen atoms in total. The van der Waals surface area contributed by atoms with E-state index in [2.05, 4.69) is 32.4 Å². The van der Waals surface area contributed by atoms with Crippen LogP contribution in [0.4, 0.5) is 17.1 Å². The minimum absolute atomic E-state index is 0.000847. The summed E-state index contributed by atoms with van der Waals surface area (Å²) >= 11 is 4.14. The maximum atomic E-state index is 12.6. The van der Waals surface area contributed by atoms with E-state index in [-0.39, 0.29) is 17.3 Å². The molecule has 5 rings (SSSR count). The molecular weight excluding hydrogens is 575 g/mol. The number of anilines is 1. The molecule has 0 aliphatic rings. The number of nitro groups is 1. The quantitative estimate of drug-likeness (QED) is 0.0787. The zero-order valence-corrected chi connectivity index (χ0v) is 24.9. The van der Waals surface area contributed by atoms with Gasteiger partial charge in [-0.2, -0.15) is 0 Å². The van der Waals surface area contributed by atoms with Gasteiger partial charge in [0.15, 0.2) is 4.34 Å². The number of hydrogen-bond donors (Lipinski definition) is 1. The van der Waals surface area contributed by atoms with Gasteiger partial charge >= 0.3 is 0 Å². The Bertz CT molecular complexity index is 1760. The second-order valence-corrected chi connectivity index (χ2v) is 12.6. The molecule has 0 radical (unpaired) electrons. The lowest BCUT2D eigenvalue weighted by molar-refractivity contribution is -0.387. The monoisotopic (exact) mass is 599 g/mol. The molecule has 0 aliphatic carbocycles. The number of hydrogen-bond acceptors (Lipinski definition) is 9. The maximum Gasteiger partial charge on any atom is 0.283 e. The van der Waals surface area contributed by atoms with Crippen molar-refractivity contribution in [2.45, 2.75) is 35.0 Å². The molecule has 2 heterocycles. The lowest BCUT2D eigenvalue weighted by atomic mass is 10.1. The van der Waals surface area contributed by atoms with Crippen LogP contribution in [0.5, 0.6) is 0 Å². The minimum atomic E-state index is -0.394. The molecule has 0 spiro atoms. The van der Waals surface area contributed by atoms with Gasteiger partial charge in [-0.1, -0.05) is 53.4 Å². The van der Waals surface area contributed by atoms with Crippen molar-refractivity contribution in [2.24, 2.45) is 4.99 Å². The number of thioether (sulfide) groups is 1. The van der Waals surface area contributed by atoms with Gasteiger partial charge in [-0.25, -0.2) is 9.97 Å². The number of nitro benzene ring substituents is 1. The van der Waals surface area contributed by atoms with Gasteiger partial charge < -0.3 is 5.32 Å². The number of aliphatic imine (C=N–C) groups is 1. The van der Waals surface area contributed by atoms with Crippen LogP contribution in [0.2, 0.25) is 0 Å². The molecule has 5 aromatic rings. The molecule has 1 amide bonds. The van der Waals surface area contributed by atoms with Gasteiger partial charge in [0.25, 0.3) is 5.69 Å². The van der Waals surface area contributed by atoms with Crippen LogP contribution in [0.25, 0.3) is 10.2 Å². The van der Waals surface area contributed by atoms with Crippen LogP contribution in [0, 0.1) is 30.9 Å². The molecule has 0 aliphatic heterocycles. The second-order valence-electron chi connectivity index (χ2n) is 9.25. The zero-order chi connectivity index (χ0) is 28.9. The number of nitrogens with one attached hydrogen (secondary N) is 1. The Morgan fingerprint density at radius 3 is 2.61 bits per heavy atom. The van der Waals surface area contributed by atoms with E-state index in [1.54, 1.807) is 30.6 Å². The second kappa shape index (κ2) is 12.6. The Kier molecular flexibility index (Phi) is 8.77. The lowest BCUT2D eigenvalue weighted by Crippen LogP contribution is -2.15. The normalized spacial score (nSPS) is 11.3. The average molecular weight is 600 g/mol. The van der Waals surface area contributed by atoms with E-state index in [4.69, 9.17) is 0 Å². The van der Waals surface area contributed by atoms with Gasteiger partial charge in [0.2, 0.25) is 5.91 Å². The molecule has 0 saturated carbocycles. The maximum absolute atomic E-state index is 12.6. The summed E-state index contributed by atoms with van der Waals surface area (Å²) in [4.78, 5) is 37.9. The summed E-state index contributed by atoms with van der Waals surface area (Å²) in [6.45, 7) is 6.03. The highest BCUT2D eigenvalue weighted by molar-refractivity contribution is 8.01. The summed E-state index contributed by atoms with van der Waals surface area (Å²) in [5, 5.41) is 15.4. The average Bonchev–Trinajstić information content (AvgIpc) is 3.36. The van der Waals surface area contributed by atoms with Crippen LogP contribution >= 0.6 is 34.9 Å². The largest absolute Gasteiger partial charge is 0.325 e. The van der Waals surface area contributed by atoms with Crippen molar-refractivity contribution in [3.8, 4) is 0 Å². The molecule has 206 valence electrons. The van der Waals surface area contributed by atoms with Crippen LogP contribution in [0.15, 0.2) is 92.2 Å². The number of thiazole rings is 1. The van der Waals surface area contributed by atoms with Crippen molar-refractivity contribution in [3.63, 3.8) is 0 Å². The number of benzene rings is 3. The van der Waals surface area contributed by atoms with Gasteiger partial charge in [0.05, 0.1) is 31.5 Å². The van der Waals surface area contributed by atoms with Crippen LogP contribution in [0.3, 0.4) is 0 Å². The predicted octanol–water partition coefficient (Wildman–Crippen LogP) is 8.16. The Morgan fingerprint density at radius 2 is 1.88 bits per heavy atom. The molecule has 41 heavy (non-hydrogen) atoms. The highest BCUT2D eigenvalue weighted by Crippen LogP contribution is 2.35. The first-order valence-electron chi connectivity index (χ1n) is 12.6. The molecule has 2 aromatic heterocycles. The first-order chi connectivity index (χ1) is 19.7. The van der Waals surface area contributed by atoms with Crippen molar-refractivity contribution in [1.82, 2.24) is 9.97 Å². The molecule has 0 fully saturated rings. The summed E-state index contributed by atoms with van der Waals surface area (Å²) in [5.74, 6) is 0.179. The molecule has 11 heteroatoms. The van der Waals surface area contributed by atoms with E-state index in [0.717, 1.165) is 31.4 Å². The fourth-order valence-corrected chi connectivity index (χ4v) is 6.99. The van der Waals surface area contributed by atoms with E-state index in [0.29, 0.717) is 21.2 Å². The van der Waals surface area contributed by atoms with Gasteiger partial charge in [-0.15, -0.1) is 11.3 Å². The SMILES string of the molecule is Cc1cc(C)c(NC(=O)CSc2nc3ccc(N=Cc4ccc(Sc5ccccn5)c([N+](=O)[O-])c4)cc3s2)c(C)c1. The number of pyridine rings is 1. The zero-order valence-electron chi connectivity index (χ0n) is 22.5. The van der Waals surface area contributed by atoms with Gasteiger partial charge in [-0.3, -0.25) is 19.9 Å². The van der Waals surface area contributed by atoms with Crippen molar-refractivity contribution in [3.05, 3.63) is 105 Å². The Hall–Kier alpha value is -4.06. The molecule has 0 saturated heterocycles. The molecule has 0 bridgehead atoms. The molecule has 0 atom stereocenters. The summed E-state index contributed by atoms with van der Waals surface area (Å²) in [7, 11) is 0. The van der Waals surface area contributed by atoms with Gasteiger partial charge in [-0.05, 0) is 73.9 Å². The Labute approximate surface area is 249 Å². The third-order valence-electron chi connectivity index (χ3n) is 6.02. The van der Waals surface area contributed by atoms with Crippen molar-refractivity contribution < 1.29 is 9.72 Å². The standard InChI is InChI=1S/C30H25N5O3S3/c1-18-12-19(2)29(20(3)13-18)34-27(36)17-39-30-33-23-9-8-22(15-26(23)41-30)32-16-21-7-10-25(24(14-21)35(37)38)40-28-6-4-5-11-31-28/h4-16H,17H2,1-3H3,(H,34,36). The Morgan fingerprint density at radius 1 is 1.07 bits per heavy atom. The van der Waals surface area contributed by atoms with Crippen molar-refractivity contribution in [1.29, 1.82) is 0 Å². The summed E-state index contributed by atoms with van der Waals surface area (Å²) in [6.07, 6.45) is 3.27. The van der Waals surface area contributed by atoms with E-state index < -0.39 is 4.92 Å². The molecule has 3 aromatic carbocycles. The third kappa shape index (κ3) is 7.18. The van der Waals surface area contributed by atoms with Gasteiger partial charge in [0, 0.05) is 24.2 Å². The van der Waals surface area contributed by atoms with Crippen LogP contribution in [-0.2, 0) is 4.79 Å². The number of nitrogens with zero attached hydrogens (tertiary/aromatic N) is 4. The van der Waals surface area contributed by atoms with E-state index in [9.17, 15) is 14.9 Å². The summed E-state index contributed by atoms with van der Waals surface area (Å²) in [5.41, 5.74) is 6.27. The fourth-order valence-electron chi connectivity index (χ4n) is 4.23. The number of aromatic nitrogens is 2. The van der Waals surface area contributed by atoms with E-state index in [1.807, 2.05) is 51.1 Å². The van der Waals surface area contributed by atoms with Crippen molar-refractivity contribution in [2.75, 3.05) is 11.1 Å². The summed E-state index contributed by atoms with van der Waals surface area (Å²) in [6, 6.07) is 20.3. The third-order valence-corrected chi connectivity index (χ3v) is 9.19. The number of carbonyl (C=O) groups is 1. The van der Waals surface area contributed by atoms with Crippen LogP contribution in [-0.4, -0.2) is 32.8 Å². The minimum Gasteiger partial charge on any atom is -0.325 e. The number of rotatable bonds is 9. The first kappa shape index (κ1) is 28.5. The molecule has 1 N–H and O–H groups in total.